The van der Waals surface area contributed by atoms with E-state index in [0.717, 1.165) is 76.2 Å². The van der Waals surface area contributed by atoms with Gasteiger partial charge >= 0.3 is 0 Å². The number of likely N-dealkylation sites (N-methyl/N-ethyl adjacent to an activating group) is 2. The molecule has 0 aliphatic carbocycles. The minimum atomic E-state index is -0.977. The van der Waals surface area contributed by atoms with Crippen LogP contribution in [0.25, 0.3) is 0 Å². The first kappa shape index (κ1) is 68.6. The van der Waals surface area contributed by atoms with Gasteiger partial charge in [-0.05, 0) is 139 Å². The first-order valence-electron chi connectivity index (χ1n) is 33.7. The number of amides is 7. The second-order valence-electron chi connectivity index (χ2n) is 25.3. The number of aryl methyl sites for hydroxylation is 1. The molecule has 0 bridgehead atoms. The van der Waals surface area contributed by atoms with Crippen LogP contribution in [0.1, 0.15) is 177 Å². The summed E-state index contributed by atoms with van der Waals surface area (Å²) in [6, 6.07) is 32.5. The van der Waals surface area contributed by atoms with Crippen LogP contribution in [0.4, 0.5) is 0 Å². The summed E-state index contributed by atoms with van der Waals surface area (Å²) >= 11 is 0. The van der Waals surface area contributed by atoms with Crippen LogP contribution in [0.2, 0.25) is 0 Å². The lowest BCUT2D eigenvalue weighted by molar-refractivity contribution is -0.144. The summed E-state index contributed by atoms with van der Waals surface area (Å²) in [5.74, 6) is -2.42. The zero-order valence-corrected chi connectivity index (χ0v) is 53.6. The van der Waals surface area contributed by atoms with Gasteiger partial charge in [0.2, 0.25) is 41.4 Å². The van der Waals surface area contributed by atoms with E-state index in [9.17, 15) is 38.4 Å². The minimum Gasteiger partial charge on any atom is -0.354 e. The molecule has 4 heterocycles. The fourth-order valence-corrected chi connectivity index (χ4v) is 14.2. The van der Waals surface area contributed by atoms with E-state index in [-0.39, 0.29) is 77.5 Å². The van der Waals surface area contributed by atoms with Crippen molar-refractivity contribution < 1.29 is 38.4 Å². The van der Waals surface area contributed by atoms with Gasteiger partial charge in [-0.3, -0.25) is 38.4 Å². The van der Waals surface area contributed by atoms with Crippen molar-refractivity contribution in [1.29, 1.82) is 0 Å². The van der Waals surface area contributed by atoms with E-state index in [1.165, 1.54) is 5.56 Å². The summed E-state index contributed by atoms with van der Waals surface area (Å²) < 4.78 is 0. The molecule has 4 aromatic rings. The number of fused-ring (bicyclic) bond motifs is 2. The highest BCUT2D eigenvalue weighted by Crippen LogP contribution is 2.38. The molecule has 12 atom stereocenters. The maximum Gasteiger partial charge on any atom is 0.247 e. The molecule has 0 radical (unpaired) electrons. The Hall–Kier alpha value is -7.28. The first-order valence-corrected chi connectivity index (χ1v) is 33.7. The van der Waals surface area contributed by atoms with Gasteiger partial charge in [0.1, 0.15) is 36.3 Å². The molecule has 8 rings (SSSR count). The van der Waals surface area contributed by atoms with Crippen molar-refractivity contribution in [2.75, 3.05) is 27.2 Å². The van der Waals surface area contributed by atoms with E-state index in [1.807, 2.05) is 123 Å². The molecule has 4 saturated heterocycles. The highest BCUT2D eigenvalue weighted by Gasteiger charge is 2.50. The summed E-state index contributed by atoms with van der Waals surface area (Å²) in [5, 5.41) is 25.1. The van der Waals surface area contributed by atoms with Gasteiger partial charge in [0, 0.05) is 44.1 Å². The number of benzene rings is 4. The average Bonchev–Trinajstić information content (AvgIpc) is 1.66. The van der Waals surface area contributed by atoms with Gasteiger partial charge in [0.05, 0.1) is 12.1 Å². The molecular weight excluding hydrogens is 1130 g/mol. The number of ketones is 1. The fourth-order valence-electron chi connectivity index (χ4n) is 14.2. The zero-order valence-electron chi connectivity index (χ0n) is 53.6. The Morgan fingerprint density at radius 2 is 0.933 bits per heavy atom. The number of rotatable bonds is 34. The molecule has 0 spiro atoms. The van der Waals surface area contributed by atoms with Gasteiger partial charge in [0.15, 0.2) is 5.78 Å². The van der Waals surface area contributed by atoms with Crippen LogP contribution in [0.3, 0.4) is 0 Å². The van der Waals surface area contributed by atoms with Crippen LogP contribution in [0.15, 0.2) is 121 Å². The van der Waals surface area contributed by atoms with Crippen LogP contribution in [0, 0.1) is 11.8 Å². The fraction of sp³-hybridized carbons (Fsp3) is 0.556. The third-order valence-electron chi connectivity index (χ3n) is 19.4. The molecular formula is C72H100N10O8. The standard InChI is InChI=1S/C72H100N10O8/c1-5-57(73-3)66(84)79-64-53(36-26-31-49-27-16-12-17-28-49)38-40-55-42-45-60(81(55)71(64)89)69(87)78-63(52-34-22-15-23-35-52)70(88)76-46-25-11-9-7-8-10-24-37-61(83)62(51-32-20-14-21-33-51)77-68(86)59-44-43-56-41-39-54(48-75-47-50-29-18-13-19-30-50)65(72(90)82(56)59)80-67(85)58(6-2)74-4/h12-23,27-30,32-35,53-60,62-65,73-75H,5-11,24-26,31,36-48H2,1-4H3,(H,76,88)(H,77,86)(H,78,87)(H,79,84)(H,80,85)/t53-,54+,55-,56-,57-,58-,59-,60-,62-,63-,64-,65-/m0/s1. The molecule has 8 N–H and O–H groups in total. The lowest BCUT2D eigenvalue weighted by Crippen LogP contribution is -2.59. The number of hydrogen-bond acceptors (Lipinski definition) is 11. The zero-order chi connectivity index (χ0) is 63.8. The van der Waals surface area contributed by atoms with Crippen molar-refractivity contribution >= 4 is 47.1 Å². The second-order valence-corrected chi connectivity index (χ2v) is 25.3. The van der Waals surface area contributed by atoms with Crippen LogP contribution < -0.4 is 42.5 Å². The van der Waals surface area contributed by atoms with Crippen molar-refractivity contribution in [3.63, 3.8) is 0 Å². The van der Waals surface area contributed by atoms with Gasteiger partial charge < -0.3 is 52.3 Å². The Bertz CT molecular complexity index is 2730. The molecule has 90 heavy (non-hydrogen) atoms. The normalized spacial score (nSPS) is 22.8. The number of Topliss-reactive ketones (excluding diaryl/α,β-unsaturated/α-hetero) is 1. The molecule has 486 valence electrons. The first-order chi connectivity index (χ1) is 43.8. The minimum absolute atomic E-state index is 0.0918. The van der Waals surface area contributed by atoms with Crippen LogP contribution in [-0.4, -0.2) is 132 Å². The van der Waals surface area contributed by atoms with Gasteiger partial charge in [0.25, 0.3) is 0 Å². The van der Waals surface area contributed by atoms with E-state index in [1.54, 1.807) is 23.9 Å². The van der Waals surface area contributed by atoms with Crippen molar-refractivity contribution in [3.8, 4) is 0 Å². The SMILES string of the molecule is CC[C@H](NC)C(=O)N[C@@H]1C(=O)N2[C@@H](CC[C@@H]1CNCc1ccccc1)CC[C@H]2C(=O)N[C@H](C(=O)CCCCCCCCCNC(=O)[C@@H](NC(=O)[C@@H]1CC[C@@H]2CC[C@H](CCCc3ccccc3)[C@H](NC(=O)[C@H](CC)NC)C(=O)N21)c1ccccc1)c1ccccc1. The van der Waals surface area contributed by atoms with Gasteiger partial charge in [-0.25, -0.2) is 0 Å². The average molecular weight is 1230 g/mol. The molecule has 0 unspecified atom stereocenters. The summed E-state index contributed by atoms with van der Waals surface area (Å²) in [7, 11) is 3.47. The van der Waals surface area contributed by atoms with E-state index in [0.29, 0.717) is 88.5 Å². The largest absolute Gasteiger partial charge is 0.354 e. The highest BCUT2D eigenvalue weighted by atomic mass is 16.2. The number of nitrogens with zero attached hydrogens (tertiary/aromatic N) is 2. The molecule has 4 aliphatic heterocycles. The van der Waals surface area contributed by atoms with Crippen molar-refractivity contribution in [2.45, 2.75) is 216 Å². The summed E-state index contributed by atoms with van der Waals surface area (Å²) in [4.78, 5) is 117. The summed E-state index contributed by atoms with van der Waals surface area (Å²) in [6.07, 6.45) is 14.9. The molecule has 7 amide bonds. The predicted molar refractivity (Wildman–Crippen MR) is 350 cm³/mol. The molecule has 4 fully saturated rings. The lowest BCUT2D eigenvalue weighted by Gasteiger charge is -2.33. The molecule has 0 saturated carbocycles. The summed E-state index contributed by atoms with van der Waals surface area (Å²) in [6.45, 7) is 5.40. The lowest BCUT2D eigenvalue weighted by atomic mass is 9.88. The molecule has 18 heteroatoms. The quantitative estimate of drug-likeness (QED) is 0.0210. The van der Waals surface area contributed by atoms with E-state index >= 15 is 0 Å². The van der Waals surface area contributed by atoms with Crippen molar-refractivity contribution in [1.82, 2.24) is 52.3 Å². The maximum absolute atomic E-state index is 14.8. The third-order valence-corrected chi connectivity index (χ3v) is 19.4. The molecule has 4 aromatic carbocycles. The summed E-state index contributed by atoms with van der Waals surface area (Å²) in [5.41, 5.74) is 3.67. The number of nitrogens with one attached hydrogen (secondary N) is 8. The third kappa shape index (κ3) is 18.7. The number of carbonyl (C=O) groups is 8. The van der Waals surface area contributed by atoms with Crippen molar-refractivity contribution in [3.05, 3.63) is 144 Å². The van der Waals surface area contributed by atoms with E-state index in [4.69, 9.17) is 0 Å². The second kappa shape index (κ2) is 35.4. The monoisotopic (exact) mass is 1230 g/mol. The Balaban J connectivity index is 0.797. The van der Waals surface area contributed by atoms with Crippen LogP contribution >= 0.6 is 0 Å². The Morgan fingerprint density at radius 1 is 0.489 bits per heavy atom. The maximum atomic E-state index is 14.8. The van der Waals surface area contributed by atoms with Gasteiger partial charge in [-0.1, -0.05) is 167 Å². The predicted octanol–water partition coefficient (Wildman–Crippen LogP) is 7.83. The van der Waals surface area contributed by atoms with Crippen LogP contribution in [-0.2, 0) is 51.3 Å². The molecule has 18 nitrogen and oxygen atoms in total. The molecule has 4 aliphatic rings. The van der Waals surface area contributed by atoms with Crippen molar-refractivity contribution in [2.24, 2.45) is 11.8 Å². The number of unbranched alkanes of at least 4 members (excludes halogenated alkanes) is 6. The number of hydrogen-bond donors (Lipinski definition) is 8. The number of carbonyl (C=O) groups excluding carboxylic acids is 8. The molecule has 0 aromatic heterocycles. The smallest absolute Gasteiger partial charge is 0.247 e. The topological polar surface area (TPSA) is 239 Å². The Labute approximate surface area is 533 Å². The van der Waals surface area contributed by atoms with E-state index < -0.39 is 48.3 Å². The Kier molecular flexibility index (Phi) is 27.0. The highest BCUT2D eigenvalue weighted by molar-refractivity contribution is 5.97. The van der Waals surface area contributed by atoms with Crippen LogP contribution in [0.5, 0.6) is 0 Å². The van der Waals surface area contributed by atoms with Gasteiger partial charge in [-0.2, -0.15) is 0 Å². The van der Waals surface area contributed by atoms with E-state index in [2.05, 4.69) is 54.7 Å². The Morgan fingerprint density at radius 3 is 1.46 bits per heavy atom. The van der Waals surface area contributed by atoms with Gasteiger partial charge in [-0.15, -0.1) is 0 Å².